The predicted octanol–water partition coefficient (Wildman–Crippen LogP) is 4.00. The first-order valence-corrected chi connectivity index (χ1v) is 9.65. The lowest BCUT2D eigenvalue weighted by Gasteiger charge is -2.13. The summed E-state index contributed by atoms with van der Waals surface area (Å²) in [5.74, 6) is 2.40. The third kappa shape index (κ3) is 5.63. The zero-order valence-electron chi connectivity index (χ0n) is 16.8. The number of aliphatic imine (C=N–C) groups is 1. The topological polar surface area (TPSA) is 67.8 Å². The summed E-state index contributed by atoms with van der Waals surface area (Å²) in [6.45, 7) is 1.76. The fourth-order valence-corrected chi connectivity index (χ4v) is 3.20. The fraction of sp³-hybridized carbons (Fsp3) is 0.217. The lowest BCUT2D eigenvalue weighted by Crippen LogP contribution is -2.37. The minimum atomic E-state index is 0. The summed E-state index contributed by atoms with van der Waals surface area (Å²) in [6.07, 6.45) is 2.68. The first-order chi connectivity index (χ1) is 14.3. The van der Waals surface area contributed by atoms with Crippen molar-refractivity contribution in [3.8, 4) is 22.8 Å². The molecular formula is C23H25IN4O2. The minimum absolute atomic E-state index is 0. The van der Waals surface area contributed by atoms with Gasteiger partial charge in [0.05, 0.1) is 5.69 Å². The Morgan fingerprint density at radius 3 is 2.70 bits per heavy atom. The number of nitrogens with one attached hydrogen (secondary N) is 2. The second-order valence-electron chi connectivity index (χ2n) is 6.71. The van der Waals surface area contributed by atoms with Gasteiger partial charge in [0.15, 0.2) is 17.5 Å². The van der Waals surface area contributed by atoms with Crippen LogP contribution in [0.1, 0.15) is 11.1 Å². The molecule has 1 aromatic heterocycles. The first kappa shape index (κ1) is 21.9. The average molecular weight is 516 g/mol. The van der Waals surface area contributed by atoms with E-state index in [9.17, 15) is 0 Å². The summed E-state index contributed by atoms with van der Waals surface area (Å²) >= 11 is 0. The molecular weight excluding hydrogens is 491 g/mol. The van der Waals surface area contributed by atoms with Crippen LogP contribution in [0.15, 0.2) is 71.9 Å². The standard InChI is InChI=1S/C23H24N4O2.HI/c1-24-23(26-12-10-17-8-9-21-22(14-17)29-16-28-21)27-15-18-5-4-6-19(13-18)20-7-2-3-11-25-20;/h2-9,11,13-14H,10,12,15-16H2,1H3,(H2,24,26,27);1H. The lowest BCUT2D eigenvalue weighted by molar-refractivity contribution is 0.174. The van der Waals surface area contributed by atoms with Gasteiger partial charge < -0.3 is 20.1 Å². The van der Waals surface area contributed by atoms with Gasteiger partial charge in [-0.25, -0.2) is 0 Å². The molecule has 4 rings (SSSR count). The van der Waals surface area contributed by atoms with E-state index < -0.39 is 0 Å². The van der Waals surface area contributed by atoms with Crippen LogP contribution in [0.4, 0.5) is 0 Å². The Kier molecular flexibility index (Phi) is 7.89. The van der Waals surface area contributed by atoms with Gasteiger partial charge in [-0.2, -0.15) is 0 Å². The van der Waals surface area contributed by atoms with Crippen LogP contribution >= 0.6 is 24.0 Å². The van der Waals surface area contributed by atoms with Crippen molar-refractivity contribution in [1.82, 2.24) is 15.6 Å². The van der Waals surface area contributed by atoms with Gasteiger partial charge in [-0.15, -0.1) is 24.0 Å². The van der Waals surface area contributed by atoms with Crippen LogP contribution in [0.2, 0.25) is 0 Å². The number of halogens is 1. The zero-order valence-corrected chi connectivity index (χ0v) is 19.1. The third-order valence-corrected chi connectivity index (χ3v) is 4.71. The van der Waals surface area contributed by atoms with Crippen LogP contribution in [0, 0.1) is 0 Å². The molecule has 156 valence electrons. The summed E-state index contributed by atoms with van der Waals surface area (Å²) < 4.78 is 10.8. The van der Waals surface area contributed by atoms with Gasteiger partial charge in [0.25, 0.3) is 0 Å². The Morgan fingerprint density at radius 1 is 0.967 bits per heavy atom. The summed E-state index contributed by atoms with van der Waals surface area (Å²) in [4.78, 5) is 8.73. The largest absolute Gasteiger partial charge is 0.454 e. The van der Waals surface area contributed by atoms with Gasteiger partial charge in [-0.1, -0.05) is 30.3 Å². The number of ether oxygens (including phenoxy) is 2. The molecule has 0 unspecified atom stereocenters. The molecule has 2 N–H and O–H groups in total. The number of hydrogen-bond donors (Lipinski definition) is 2. The Hall–Kier alpha value is -2.81. The Labute approximate surface area is 193 Å². The van der Waals surface area contributed by atoms with Crippen LogP contribution in [-0.4, -0.2) is 31.3 Å². The van der Waals surface area contributed by atoms with E-state index in [-0.39, 0.29) is 24.0 Å². The third-order valence-electron chi connectivity index (χ3n) is 4.71. The highest BCUT2D eigenvalue weighted by Crippen LogP contribution is 2.32. The number of benzene rings is 2. The molecule has 1 aliphatic rings. The maximum absolute atomic E-state index is 5.43. The quantitative estimate of drug-likeness (QED) is 0.295. The molecule has 0 spiro atoms. The molecule has 1 aliphatic heterocycles. The Bertz CT molecular complexity index is 996. The zero-order chi connectivity index (χ0) is 19.9. The molecule has 0 saturated heterocycles. The molecule has 0 radical (unpaired) electrons. The molecule has 2 heterocycles. The van der Waals surface area contributed by atoms with Crippen molar-refractivity contribution in [1.29, 1.82) is 0 Å². The Balaban J connectivity index is 0.00000256. The molecule has 0 aliphatic carbocycles. The maximum atomic E-state index is 5.43. The molecule has 0 amide bonds. The predicted molar refractivity (Wildman–Crippen MR) is 130 cm³/mol. The minimum Gasteiger partial charge on any atom is -0.454 e. The second-order valence-corrected chi connectivity index (χ2v) is 6.71. The van der Waals surface area contributed by atoms with E-state index >= 15 is 0 Å². The number of fused-ring (bicyclic) bond motifs is 1. The van der Waals surface area contributed by atoms with Crippen molar-refractivity contribution in [3.05, 3.63) is 78.0 Å². The number of hydrogen-bond acceptors (Lipinski definition) is 4. The lowest BCUT2D eigenvalue weighted by atomic mass is 10.1. The van der Waals surface area contributed by atoms with Crippen LogP contribution in [0.3, 0.4) is 0 Å². The maximum Gasteiger partial charge on any atom is 0.231 e. The Morgan fingerprint density at radius 2 is 1.87 bits per heavy atom. The molecule has 0 saturated carbocycles. The number of pyridine rings is 1. The molecule has 3 aromatic rings. The SMILES string of the molecule is CN=C(NCCc1ccc2c(c1)OCO2)NCc1cccc(-c2ccccn2)c1.I. The highest BCUT2D eigenvalue weighted by molar-refractivity contribution is 14.0. The van der Waals surface area contributed by atoms with Crippen LogP contribution in [0.25, 0.3) is 11.3 Å². The normalized spacial score (nSPS) is 12.2. The monoisotopic (exact) mass is 516 g/mol. The van der Waals surface area contributed by atoms with E-state index in [2.05, 4.69) is 50.9 Å². The summed E-state index contributed by atoms with van der Waals surface area (Å²) in [7, 11) is 1.78. The summed E-state index contributed by atoms with van der Waals surface area (Å²) in [5, 5.41) is 6.72. The number of nitrogens with zero attached hydrogens (tertiary/aromatic N) is 2. The highest BCUT2D eigenvalue weighted by Gasteiger charge is 2.13. The van der Waals surface area contributed by atoms with Crippen LogP contribution < -0.4 is 20.1 Å². The molecule has 0 fully saturated rings. The average Bonchev–Trinajstić information content (AvgIpc) is 3.25. The first-order valence-electron chi connectivity index (χ1n) is 9.65. The van der Waals surface area contributed by atoms with Crippen molar-refractivity contribution in [2.24, 2.45) is 4.99 Å². The van der Waals surface area contributed by atoms with Crippen LogP contribution in [-0.2, 0) is 13.0 Å². The number of rotatable bonds is 6. The van der Waals surface area contributed by atoms with Crippen molar-refractivity contribution < 1.29 is 9.47 Å². The van der Waals surface area contributed by atoms with E-state index in [4.69, 9.17) is 9.47 Å². The van der Waals surface area contributed by atoms with Crippen molar-refractivity contribution >= 4 is 29.9 Å². The molecule has 30 heavy (non-hydrogen) atoms. The van der Waals surface area contributed by atoms with Gasteiger partial charge in [-0.05, 0) is 47.9 Å². The molecule has 0 bridgehead atoms. The van der Waals surface area contributed by atoms with Crippen molar-refractivity contribution in [2.45, 2.75) is 13.0 Å². The summed E-state index contributed by atoms with van der Waals surface area (Å²) in [5.41, 5.74) is 4.45. The number of aromatic nitrogens is 1. The number of guanidine groups is 1. The van der Waals surface area contributed by atoms with Crippen LogP contribution in [0.5, 0.6) is 11.5 Å². The smallest absolute Gasteiger partial charge is 0.231 e. The second kappa shape index (κ2) is 10.8. The highest BCUT2D eigenvalue weighted by atomic mass is 127. The van der Waals surface area contributed by atoms with E-state index in [0.29, 0.717) is 13.3 Å². The van der Waals surface area contributed by atoms with Gasteiger partial charge in [0.2, 0.25) is 6.79 Å². The van der Waals surface area contributed by atoms with E-state index in [1.165, 1.54) is 11.1 Å². The fourth-order valence-electron chi connectivity index (χ4n) is 3.20. The molecule has 2 aromatic carbocycles. The van der Waals surface area contributed by atoms with Gasteiger partial charge in [-0.3, -0.25) is 9.98 Å². The molecule has 6 nitrogen and oxygen atoms in total. The van der Waals surface area contributed by atoms with Gasteiger partial charge in [0.1, 0.15) is 0 Å². The van der Waals surface area contributed by atoms with Crippen molar-refractivity contribution in [2.75, 3.05) is 20.4 Å². The summed E-state index contributed by atoms with van der Waals surface area (Å²) in [6, 6.07) is 20.4. The van der Waals surface area contributed by atoms with Gasteiger partial charge in [0, 0.05) is 31.9 Å². The van der Waals surface area contributed by atoms with E-state index in [1.54, 1.807) is 7.05 Å². The van der Waals surface area contributed by atoms with Gasteiger partial charge >= 0.3 is 0 Å². The van der Waals surface area contributed by atoms with Crippen molar-refractivity contribution in [3.63, 3.8) is 0 Å². The molecule has 0 atom stereocenters. The van der Waals surface area contributed by atoms with E-state index in [0.717, 1.165) is 41.7 Å². The molecule has 7 heteroatoms. The van der Waals surface area contributed by atoms with E-state index in [1.807, 2.05) is 36.5 Å².